The number of rotatable bonds is 2. The van der Waals surface area contributed by atoms with Gasteiger partial charge < -0.3 is 14.0 Å². The Kier molecular flexibility index (Phi) is 3.31. The summed E-state index contributed by atoms with van der Waals surface area (Å²) in [5.74, 6) is 1.07. The van der Waals surface area contributed by atoms with Gasteiger partial charge in [0.25, 0.3) is 0 Å². The van der Waals surface area contributed by atoms with Crippen molar-refractivity contribution >= 4 is 10.0 Å². The zero-order valence-electron chi connectivity index (χ0n) is 12.7. The van der Waals surface area contributed by atoms with Crippen molar-refractivity contribution in [1.29, 1.82) is 0 Å². The first-order valence-corrected chi connectivity index (χ1v) is 8.88. The Labute approximate surface area is 134 Å². The molecule has 0 N–H and O–H groups in total. The monoisotopic (exact) mass is 335 g/mol. The third kappa shape index (κ3) is 2.38. The Morgan fingerprint density at radius 1 is 1.17 bits per heavy atom. The van der Waals surface area contributed by atoms with Crippen LogP contribution in [0.4, 0.5) is 0 Å². The fraction of sp³-hybridized carbons (Fsp3) is 0.400. The van der Waals surface area contributed by atoms with E-state index in [1.807, 2.05) is 11.6 Å². The van der Waals surface area contributed by atoms with Gasteiger partial charge in [-0.1, -0.05) is 0 Å². The van der Waals surface area contributed by atoms with E-state index >= 15 is 0 Å². The fourth-order valence-corrected chi connectivity index (χ4v) is 4.35. The summed E-state index contributed by atoms with van der Waals surface area (Å²) in [4.78, 5) is 4.54. The summed E-state index contributed by atoms with van der Waals surface area (Å²) in [5, 5.41) is 0. The lowest BCUT2D eigenvalue weighted by atomic mass is 10.2. The quantitative estimate of drug-likeness (QED) is 0.816. The molecule has 0 saturated carbocycles. The van der Waals surface area contributed by atoms with E-state index in [1.54, 1.807) is 24.5 Å². The number of nitrogens with zero attached hydrogens (tertiary/aromatic N) is 3. The van der Waals surface area contributed by atoms with Gasteiger partial charge in [-0.05, 0) is 12.1 Å². The molecule has 0 unspecified atom stereocenters. The van der Waals surface area contributed by atoms with Gasteiger partial charge in [0.2, 0.25) is 10.0 Å². The van der Waals surface area contributed by atoms with Crippen molar-refractivity contribution in [3.63, 3.8) is 0 Å². The van der Waals surface area contributed by atoms with Crippen LogP contribution >= 0.6 is 0 Å². The maximum atomic E-state index is 12.9. The minimum Gasteiger partial charge on any atom is -0.486 e. The number of hydrogen-bond acceptors (Lipinski definition) is 5. The van der Waals surface area contributed by atoms with Gasteiger partial charge in [0, 0.05) is 26.1 Å². The van der Waals surface area contributed by atoms with Gasteiger partial charge in [0.15, 0.2) is 11.5 Å². The van der Waals surface area contributed by atoms with Crippen LogP contribution in [0.5, 0.6) is 11.5 Å². The van der Waals surface area contributed by atoms with E-state index in [1.165, 1.54) is 4.31 Å². The summed E-state index contributed by atoms with van der Waals surface area (Å²) in [5.41, 5.74) is 1.92. The van der Waals surface area contributed by atoms with Crippen molar-refractivity contribution in [2.45, 2.75) is 17.9 Å². The molecule has 0 saturated heterocycles. The van der Waals surface area contributed by atoms with Gasteiger partial charge in [-0.2, -0.15) is 4.31 Å². The molecule has 0 radical (unpaired) electrons. The molecule has 23 heavy (non-hydrogen) atoms. The fourth-order valence-electron chi connectivity index (χ4n) is 2.93. The van der Waals surface area contributed by atoms with Crippen molar-refractivity contribution in [2.24, 2.45) is 7.05 Å². The van der Waals surface area contributed by atoms with E-state index in [-0.39, 0.29) is 4.90 Å². The van der Waals surface area contributed by atoms with E-state index < -0.39 is 10.0 Å². The molecule has 4 rings (SSSR count). The van der Waals surface area contributed by atoms with Gasteiger partial charge in [0.1, 0.15) is 13.2 Å². The van der Waals surface area contributed by atoms with E-state index in [0.29, 0.717) is 44.2 Å². The second-order valence-corrected chi connectivity index (χ2v) is 7.58. The molecule has 2 aromatic rings. The van der Waals surface area contributed by atoms with Crippen LogP contribution < -0.4 is 9.47 Å². The number of aryl methyl sites for hydroxylation is 1. The lowest BCUT2D eigenvalue weighted by Crippen LogP contribution is -2.36. The highest BCUT2D eigenvalue weighted by atomic mass is 32.2. The first kappa shape index (κ1) is 14.5. The van der Waals surface area contributed by atoms with Crippen LogP contribution in [0.2, 0.25) is 0 Å². The molecule has 0 spiro atoms. The van der Waals surface area contributed by atoms with E-state index in [4.69, 9.17) is 9.47 Å². The predicted molar refractivity (Wildman–Crippen MR) is 81.9 cm³/mol. The normalized spacial score (nSPS) is 17.8. The molecule has 7 nitrogen and oxygen atoms in total. The second-order valence-electron chi connectivity index (χ2n) is 5.64. The van der Waals surface area contributed by atoms with E-state index in [0.717, 1.165) is 11.4 Å². The molecule has 0 bridgehead atoms. The Bertz CT molecular complexity index is 860. The first-order valence-electron chi connectivity index (χ1n) is 7.44. The van der Waals surface area contributed by atoms with Crippen molar-refractivity contribution < 1.29 is 17.9 Å². The summed E-state index contributed by atoms with van der Waals surface area (Å²) < 4.78 is 40.1. The molecular weight excluding hydrogens is 318 g/mol. The summed E-state index contributed by atoms with van der Waals surface area (Å²) in [7, 11) is -1.70. The number of imidazole rings is 1. The number of benzene rings is 1. The first-order chi connectivity index (χ1) is 11.1. The summed E-state index contributed by atoms with van der Waals surface area (Å²) >= 11 is 0. The van der Waals surface area contributed by atoms with E-state index in [9.17, 15) is 8.42 Å². The minimum absolute atomic E-state index is 0.229. The summed E-state index contributed by atoms with van der Waals surface area (Å²) in [6.45, 7) is 1.68. The standard InChI is InChI=1S/C15H17N3O4S/c1-17-10-16-12-4-5-18(9-13(12)17)23(19,20)11-2-3-14-15(8-11)22-7-6-21-14/h2-3,8,10H,4-7,9H2,1H3. The average molecular weight is 335 g/mol. The topological polar surface area (TPSA) is 73.7 Å². The van der Waals surface area contributed by atoms with Gasteiger partial charge in [-0.15, -0.1) is 0 Å². The Morgan fingerprint density at radius 3 is 2.78 bits per heavy atom. The number of hydrogen-bond donors (Lipinski definition) is 0. The third-order valence-corrected chi connectivity index (χ3v) is 6.06. The van der Waals surface area contributed by atoms with Gasteiger partial charge in [0.05, 0.1) is 29.2 Å². The second kappa shape index (κ2) is 5.24. The molecular formula is C15H17N3O4S. The average Bonchev–Trinajstić information content (AvgIpc) is 2.95. The molecule has 0 fully saturated rings. The van der Waals surface area contributed by atoms with Crippen molar-refractivity contribution in [2.75, 3.05) is 19.8 Å². The third-order valence-electron chi connectivity index (χ3n) is 4.22. The van der Waals surface area contributed by atoms with Crippen LogP contribution in [0.25, 0.3) is 0 Å². The highest BCUT2D eigenvalue weighted by molar-refractivity contribution is 7.89. The molecule has 2 aliphatic rings. The van der Waals surface area contributed by atoms with Crippen LogP contribution in [-0.2, 0) is 30.0 Å². The summed E-state index contributed by atoms with van der Waals surface area (Å²) in [6.07, 6.45) is 2.35. The zero-order chi connectivity index (χ0) is 16.0. The number of sulfonamides is 1. The molecule has 0 aliphatic carbocycles. The lowest BCUT2D eigenvalue weighted by Gasteiger charge is -2.27. The van der Waals surface area contributed by atoms with Crippen LogP contribution in [0.3, 0.4) is 0 Å². The molecule has 1 aromatic heterocycles. The van der Waals surface area contributed by atoms with Crippen LogP contribution in [0, 0.1) is 0 Å². The zero-order valence-corrected chi connectivity index (χ0v) is 13.5. The van der Waals surface area contributed by atoms with Crippen molar-refractivity contribution in [3.05, 3.63) is 35.9 Å². The number of aromatic nitrogens is 2. The molecule has 8 heteroatoms. The van der Waals surface area contributed by atoms with Crippen molar-refractivity contribution in [3.8, 4) is 11.5 Å². The summed E-state index contributed by atoms with van der Waals surface area (Å²) in [6, 6.07) is 4.77. The Morgan fingerprint density at radius 2 is 1.96 bits per heavy atom. The van der Waals surface area contributed by atoms with E-state index in [2.05, 4.69) is 4.98 Å². The van der Waals surface area contributed by atoms with Gasteiger partial charge >= 0.3 is 0 Å². The molecule has 2 aliphatic heterocycles. The number of fused-ring (bicyclic) bond motifs is 2. The van der Waals surface area contributed by atoms with Crippen LogP contribution in [0.15, 0.2) is 29.4 Å². The SMILES string of the molecule is Cn1cnc2c1CN(S(=O)(=O)c1ccc3c(c1)OCCO3)CC2. The number of ether oxygens (including phenoxy) is 2. The molecule has 1 aromatic carbocycles. The Balaban J connectivity index is 1.67. The largest absolute Gasteiger partial charge is 0.486 e. The maximum Gasteiger partial charge on any atom is 0.243 e. The van der Waals surface area contributed by atoms with Crippen LogP contribution in [-0.4, -0.2) is 42.0 Å². The van der Waals surface area contributed by atoms with Crippen LogP contribution in [0.1, 0.15) is 11.4 Å². The Hall–Kier alpha value is -2.06. The highest BCUT2D eigenvalue weighted by Crippen LogP contribution is 2.34. The highest BCUT2D eigenvalue weighted by Gasteiger charge is 2.31. The van der Waals surface area contributed by atoms with Crippen molar-refractivity contribution in [1.82, 2.24) is 13.9 Å². The maximum absolute atomic E-state index is 12.9. The lowest BCUT2D eigenvalue weighted by molar-refractivity contribution is 0.171. The smallest absolute Gasteiger partial charge is 0.243 e. The minimum atomic E-state index is -3.58. The molecule has 122 valence electrons. The molecule has 0 atom stereocenters. The predicted octanol–water partition coefficient (Wildman–Crippen LogP) is 0.938. The molecule has 3 heterocycles. The van der Waals surface area contributed by atoms with Gasteiger partial charge in [-0.25, -0.2) is 13.4 Å². The van der Waals surface area contributed by atoms with Gasteiger partial charge in [-0.3, -0.25) is 0 Å². The molecule has 0 amide bonds.